The second-order valence-corrected chi connectivity index (χ2v) is 7.67. The fourth-order valence-electron chi connectivity index (χ4n) is 3.57. The minimum absolute atomic E-state index is 0.104. The molecule has 1 aliphatic rings. The lowest BCUT2D eigenvalue weighted by Gasteiger charge is -2.43. The fourth-order valence-corrected chi connectivity index (χ4v) is 3.70. The average molecular weight is 417 g/mol. The van der Waals surface area contributed by atoms with Crippen molar-refractivity contribution in [2.24, 2.45) is 0 Å². The van der Waals surface area contributed by atoms with Gasteiger partial charge in [0.05, 0.1) is 17.3 Å². The minimum Gasteiger partial charge on any atom is -0.441 e. The van der Waals surface area contributed by atoms with Crippen LogP contribution in [0.15, 0.2) is 53.1 Å². The second-order valence-electron chi connectivity index (χ2n) is 7.23. The molecule has 1 aliphatic carbocycles. The predicted molar refractivity (Wildman–Crippen MR) is 105 cm³/mol. The van der Waals surface area contributed by atoms with Crippen LogP contribution >= 0.6 is 11.6 Å². The van der Waals surface area contributed by atoms with Crippen molar-refractivity contribution in [2.45, 2.75) is 37.6 Å². The van der Waals surface area contributed by atoms with Crippen LogP contribution in [0.4, 0.5) is 8.78 Å². The number of halogens is 3. The smallest absolute Gasteiger partial charge is 0.221 e. The summed E-state index contributed by atoms with van der Waals surface area (Å²) in [5, 5.41) is 3.80. The Kier molecular flexibility index (Phi) is 5.37. The van der Waals surface area contributed by atoms with Gasteiger partial charge >= 0.3 is 0 Å². The summed E-state index contributed by atoms with van der Waals surface area (Å²) in [6.07, 6.45) is 4.67. The van der Waals surface area contributed by atoms with E-state index < -0.39 is 11.6 Å². The second kappa shape index (κ2) is 7.95. The normalized spacial score (nSPS) is 15.0. The van der Waals surface area contributed by atoms with Crippen LogP contribution in [0.3, 0.4) is 0 Å². The standard InChI is InChI=1S/C22H19ClF2N2O2/c23-15-4-2-14(3-5-15)22(10-1-11-22)27-20(28)8-9-21-26-13-19(29-21)17-7-6-16(24)12-18(17)25/h2-7,12-13H,1,8-11H2,(H,27,28). The Hall–Kier alpha value is -2.73. The lowest BCUT2D eigenvalue weighted by Crippen LogP contribution is -2.50. The van der Waals surface area contributed by atoms with E-state index in [9.17, 15) is 13.6 Å². The first kappa shape index (κ1) is 19.6. The zero-order valence-corrected chi connectivity index (χ0v) is 16.3. The van der Waals surface area contributed by atoms with E-state index >= 15 is 0 Å². The molecule has 4 rings (SSSR count). The first-order valence-electron chi connectivity index (χ1n) is 9.42. The molecule has 0 radical (unpaired) electrons. The lowest BCUT2D eigenvalue weighted by molar-refractivity contribution is -0.124. The zero-order valence-electron chi connectivity index (χ0n) is 15.6. The maximum absolute atomic E-state index is 13.9. The molecule has 1 amide bonds. The molecule has 1 fully saturated rings. The molecule has 29 heavy (non-hydrogen) atoms. The highest BCUT2D eigenvalue weighted by Gasteiger charge is 2.39. The quantitative estimate of drug-likeness (QED) is 0.585. The number of rotatable bonds is 6. The first-order chi connectivity index (χ1) is 13.9. The molecule has 0 spiro atoms. The summed E-state index contributed by atoms with van der Waals surface area (Å²) in [5.74, 6) is -0.955. The third-order valence-corrected chi connectivity index (χ3v) is 5.55. The van der Waals surface area contributed by atoms with Crippen molar-refractivity contribution in [3.63, 3.8) is 0 Å². The van der Waals surface area contributed by atoms with Crippen LogP contribution in [0.25, 0.3) is 11.3 Å². The minimum atomic E-state index is -0.722. The number of nitrogens with zero attached hydrogens (tertiary/aromatic N) is 1. The molecule has 1 saturated carbocycles. The molecule has 1 heterocycles. The van der Waals surface area contributed by atoms with Crippen LogP contribution in [-0.2, 0) is 16.8 Å². The van der Waals surface area contributed by atoms with Gasteiger partial charge in [0.2, 0.25) is 5.91 Å². The molecule has 0 saturated heterocycles. The van der Waals surface area contributed by atoms with Gasteiger partial charge in [-0.25, -0.2) is 13.8 Å². The molecule has 0 unspecified atom stereocenters. The van der Waals surface area contributed by atoms with Crippen molar-refractivity contribution in [2.75, 3.05) is 0 Å². The van der Waals surface area contributed by atoms with E-state index in [0.717, 1.165) is 37.0 Å². The molecule has 1 aromatic heterocycles. The Morgan fingerprint density at radius 3 is 2.59 bits per heavy atom. The summed E-state index contributed by atoms with van der Waals surface area (Å²) >= 11 is 5.96. The maximum atomic E-state index is 13.9. The van der Waals surface area contributed by atoms with Crippen LogP contribution in [0.1, 0.15) is 37.1 Å². The van der Waals surface area contributed by atoms with Gasteiger partial charge in [-0.15, -0.1) is 0 Å². The highest BCUT2D eigenvalue weighted by molar-refractivity contribution is 6.30. The van der Waals surface area contributed by atoms with E-state index in [1.165, 1.54) is 12.3 Å². The van der Waals surface area contributed by atoms with Crippen molar-refractivity contribution in [3.05, 3.63) is 76.8 Å². The van der Waals surface area contributed by atoms with Crippen molar-refractivity contribution in [1.29, 1.82) is 0 Å². The van der Waals surface area contributed by atoms with E-state index in [4.69, 9.17) is 16.0 Å². The lowest BCUT2D eigenvalue weighted by atomic mass is 9.71. The Bertz CT molecular complexity index is 1030. The van der Waals surface area contributed by atoms with Crippen LogP contribution in [0, 0.1) is 11.6 Å². The van der Waals surface area contributed by atoms with Crippen molar-refractivity contribution in [3.8, 4) is 11.3 Å². The zero-order chi connectivity index (χ0) is 20.4. The number of benzene rings is 2. The molecule has 0 bridgehead atoms. The van der Waals surface area contributed by atoms with Gasteiger partial charge in [-0.3, -0.25) is 4.79 Å². The molecule has 1 N–H and O–H groups in total. The maximum Gasteiger partial charge on any atom is 0.221 e. The Morgan fingerprint density at radius 1 is 1.17 bits per heavy atom. The summed E-state index contributed by atoms with van der Waals surface area (Å²) in [5.41, 5.74) is 0.832. The number of aryl methyl sites for hydroxylation is 1. The summed E-state index contributed by atoms with van der Waals surface area (Å²) in [7, 11) is 0. The molecule has 0 atom stereocenters. The van der Waals surface area contributed by atoms with E-state index in [1.807, 2.05) is 24.3 Å². The first-order valence-corrected chi connectivity index (χ1v) is 9.80. The molecular weight excluding hydrogens is 398 g/mol. The number of amides is 1. The van der Waals surface area contributed by atoms with Gasteiger partial charge in [0.15, 0.2) is 11.7 Å². The molecule has 2 aromatic carbocycles. The van der Waals surface area contributed by atoms with E-state index in [0.29, 0.717) is 10.9 Å². The van der Waals surface area contributed by atoms with Crippen LogP contribution < -0.4 is 5.32 Å². The SMILES string of the molecule is O=C(CCc1ncc(-c2ccc(F)cc2F)o1)NC1(c2ccc(Cl)cc2)CCC1. The molecule has 7 heteroatoms. The summed E-state index contributed by atoms with van der Waals surface area (Å²) in [6, 6.07) is 10.8. The number of oxazole rings is 1. The van der Waals surface area contributed by atoms with E-state index in [2.05, 4.69) is 10.3 Å². The largest absolute Gasteiger partial charge is 0.441 e. The topological polar surface area (TPSA) is 55.1 Å². The Balaban J connectivity index is 1.39. The Labute approximate surface area is 171 Å². The van der Waals surface area contributed by atoms with Gasteiger partial charge in [-0.05, 0) is 49.1 Å². The average Bonchev–Trinajstić information content (AvgIpc) is 3.12. The summed E-state index contributed by atoms with van der Waals surface area (Å²) in [4.78, 5) is 16.6. The van der Waals surface area contributed by atoms with Gasteiger partial charge in [0.1, 0.15) is 11.6 Å². The molecule has 3 aromatic rings. The monoisotopic (exact) mass is 416 g/mol. The van der Waals surface area contributed by atoms with E-state index in [1.54, 1.807) is 0 Å². The predicted octanol–water partition coefficient (Wildman–Crippen LogP) is 5.40. The molecule has 150 valence electrons. The Morgan fingerprint density at radius 2 is 1.93 bits per heavy atom. The van der Waals surface area contributed by atoms with Gasteiger partial charge in [-0.1, -0.05) is 23.7 Å². The van der Waals surface area contributed by atoms with Crippen LogP contribution in [0.5, 0.6) is 0 Å². The third kappa shape index (κ3) is 4.17. The summed E-state index contributed by atoms with van der Waals surface area (Å²) in [6.45, 7) is 0. The van der Waals surface area contributed by atoms with Gasteiger partial charge < -0.3 is 9.73 Å². The number of hydrogen-bond acceptors (Lipinski definition) is 3. The molecule has 0 aliphatic heterocycles. The fraction of sp³-hybridized carbons (Fsp3) is 0.273. The molecular formula is C22H19ClF2N2O2. The number of carbonyl (C=O) groups excluding carboxylic acids is 1. The highest BCUT2D eigenvalue weighted by Crippen LogP contribution is 2.41. The van der Waals surface area contributed by atoms with E-state index in [-0.39, 0.29) is 35.6 Å². The number of aromatic nitrogens is 1. The van der Waals surface area contributed by atoms with Gasteiger partial charge in [0, 0.05) is 23.9 Å². The van der Waals surface area contributed by atoms with Gasteiger partial charge in [0.25, 0.3) is 0 Å². The molecule has 4 nitrogen and oxygen atoms in total. The van der Waals surface area contributed by atoms with Crippen molar-refractivity contribution in [1.82, 2.24) is 10.3 Å². The number of nitrogens with one attached hydrogen (secondary N) is 1. The van der Waals surface area contributed by atoms with Crippen LogP contribution in [0.2, 0.25) is 5.02 Å². The summed E-state index contributed by atoms with van der Waals surface area (Å²) < 4.78 is 32.5. The number of hydrogen-bond donors (Lipinski definition) is 1. The third-order valence-electron chi connectivity index (χ3n) is 5.30. The van der Waals surface area contributed by atoms with Crippen LogP contribution in [-0.4, -0.2) is 10.9 Å². The van der Waals surface area contributed by atoms with Crippen molar-refractivity contribution < 1.29 is 18.0 Å². The highest BCUT2D eigenvalue weighted by atomic mass is 35.5. The van der Waals surface area contributed by atoms with Crippen molar-refractivity contribution >= 4 is 17.5 Å². The number of carbonyl (C=O) groups is 1. The van der Waals surface area contributed by atoms with Gasteiger partial charge in [-0.2, -0.15) is 0 Å².